The number of methoxy groups -OCH3 is 1. The highest BCUT2D eigenvalue weighted by Crippen LogP contribution is 2.32. The van der Waals surface area contributed by atoms with Crippen LogP contribution in [0.3, 0.4) is 0 Å². The first-order valence-corrected chi connectivity index (χ1v) is 11.0. The largest absolute Gasteiger partial charge is 0.454 e. The maximum atomic E-state index is 13.1. The van der Waals surface area contributed by atoms with Crippen molar-refractivity contribution in [1.82, 2.24) is 9.80 Å². The Bertz CT molecular complexity index is 876. The van der Waals surface area contributed by atoms with Gasteiger partial charge in [0.1, 0.15) is 0 Å². The highest BCUT2D eigenvalue weighted by atomic mass is 16.7. The second kappa shape index (κ2) is 11.3. The fourth-order valence-corrected chi connectivity index (χ4v) is 3.95. The van der Waals surface area contributed by atoms with Gasteiger partial charge in [-0.2, -0.15) is 0 Å². The maximum absolute atomic E-state index is 13.1. The highest BCUT2D eigenvalue weighted by Gasteiger charge is 2.27. The Kier molecular flexibility index (Phi) is 8.50. The number of likely N-dealkylation sites (N-methyl/N-ethyl adjacent to an activating group) is 1. The number of amides is 1. The average molecular weight is 443 g/mol. The lowest BCUT2D eigenvalue weighted by atomic mass is 10.0. The van der Waals surface area contributed by atoms with Crippen molar-refractivity contribution < 1.29 is 24.1 Å². The second-order valence-corrected chi connectivity index (χ2v) is 8.49. The molecule has 3 atom stereocenters. The SMILES string of the molecule is CO[C@H](CN(C)Cc1ccc2c(c1)OCO2)[C@H](C)CN(C(=O)c1ccccc1)[C@@H](C)CO. The Morgan fingerprint density at radius 1 is 1.09 bits per heavy atom. The third-order valence-corrected chi connectivity index (χ3v) is 5.88. The lowest BCUT2D eigenvalue weighted by Gasteiger charge is -2.34. The van der Waals surface area contributed by atoms with Gasteiger partial charge in [0.05, 0.1) is 18.8 Å². The minimum absolute atomic E-state index is 0.0702. The van der Waals surface area contributed by atoms with E-state index in [0.717, 1.165) is 23.6 Å². The summed E-state index contributed by atoms with van der Waals surface area (Å²) in [7, 11) is 3.75. The van der Waals surface area contributed by atoms with Crippen molar-refractivity contribution in [2.75, 3.05) is 40.6 Å². The predicted octanol–water partition coefficient (Wildman–Crippen LogP) is 3.02. The zero-order valence-electron chi connectivity index (χ0n) is 19.4. The third kappa shape index (κ3) is 6.00. The first-order chi connectivity index (χ1) is 15.4. The van der Waals surface area contributed by atoms with Gasteiger partial charge in [-0.1, -0.05) is 31.2 Å². The molecule has 1 amide bonds. The quantitative estimate of drug-likeness (QED) is 0.577. The summed E-state index contributed by atoms with van der Waals surface area (Å²) in [5.74, 6) is 1.55. The molecule has 1 aliphatic rings. The van der Waals surface area contributed by atoms with E-state index in [1.807, 2.05) is 50.4 Å². The van der Waals surface area contributed by atoms with Gasteiger partial charge in [0.2, 0.25) is 6.79 Å². The fourth-order valence-electron chi connectivity index (χ4n) is 3.95. The molecule has 1 heterocycles. The van der Waals surface area contributed by atoms with Crippen LogP contribution < -0.4 is 9.47 Å². The lowest BCUT2D eigenvalue weighted by Crippen LogP contribution is -2.47. The van der Waals surface area contributed by atoms with Gasteiger partial charge >= 0.3 is 0 Å². The minimum atomic E-state index is -0.283. The van der Waals surface area contributed by atoms with E-state index in [1.165, 1.54) is 0 Å². The van der Waals surface area contributed by atoms with E-state index in [2.05, 4.69) is 11.8 Å². The van der Waals surface area contributed by atoms with Crippen molar-refractivity contribution in [2.24, 2.45) is 5.92 Å². The van der Waals surface area contributed by atoms with Crippen LogP contribution in [0.5, 0.6) is 11.5 Å². The Hall–Kier alpha value is -2.61. The van der Waals surface area contributed by atoms with Gasteiger partial charge < -0.3 is 24.2 Å². The summed E-state index contributed by atoms with van der Waals surface area (Å²) in [6.07, 6.45) is -0.0778. The smallest absolute Gasteiger partial charge is 0.254 e. The molecule has 0 spiro atoms. The van der Waals surface area contributed by atoms with Crippen LogP contribution in [-0.4, -0.2) is 73.6 Å². The molecule has 32 heavy (non-hydrogen) atoms. The molecule has 2 aromatic rings. The van der Waals surface area contributed by atoms with E-state index >= 15 is 0 Å². The summed E-state index contributed by atoms with van der Waals surface area (Å²) in [5, 5.41) is 9.73. The molecule has 0 saturated carbocycles. The van der Waals surface area contributed by atoms with E-state index in [9.17, 15) is 9.90 Å². The van der Waals surface area contributed by atoms with Crippen LogP contribution in [0, 0.1) is 5.92 Å². The molecule has 2 aromatic carbocycles. The first-order valence-electron chi connectivity index (χ1n) is 11.0. The van der Waals surface area contributed by atoms with E-state index in [1.54, 1.807) is 24.1 Å². The molecule has 0 aliphatic carbocycles. The number of fused-ring (bicyclic) bond motifs is 1. The average Bonchev–Trinajstić information content (AvgIpc) is 3.28. The minimum Gasteiger partial charge on any atom is -0.454 e. The van der Waals surface area contributed by atoms with Crippen molar-refractivity contribution in [1.29, 1.82) is 0 Å². The fraction of sp³-hybridized carbons (Fsp3) is 0.480. The molecule has 3 rings (SSSR count). The number of ether oxygens (including phenoxy) is 3. The number of aliphatic hydroxyl groups is 1. The van der Waals surface area contributed by atoms with Crippen LogP contribution in [0.15, 0.2) is 48.5 Å². The Morgan fingerprint density at radius 2 is 1.81 bits per heavy atom. The maximum Gasteiger partial charge on any atom is 0.254 e. The topological polar surface area (TPSA) is 71.5 Å². The molecular weight excluding hydrogens is 408 g/mol. The lowest BCUT2D eigenvalue weighted by molar-refractivity contribution is 0.0106. The molecule has 0 radical (unpaired) electrons. The monoisotopic (exact) mass is 442 g/mol. The molecule has 7 heteroatoms. The predicted molar refractivity (Wildman–Crippen MR) is 123 cm³/mol. The zero-order valence-corrected chi connectivity index (χ0v) is 19.4. The summed E-state index contributed by atoms with van der Waals surface area (Å²) in [6, 6.07) is 14.9. The van der Waals surface area contributed by atoms with Gasteiger partial charge in [-0.15, -0.1) is 0 Å². The number of aliphatic hydroxyl groups excluding tert-OH is 1. The van der Waals surface area contributed by atoms with Crippen LogP contribution >= 0.6 is 0 Å². The van der Waals surface area contributed by atoms with Crippen LogP contribution in [0.1, 0.15) is 29.8 Å². The number of carbonyl (C=O) groups excluding carboxylic acids is 1. The van der Waals surface area contributed by atoms with E-state index in [-0.39, 0.29) is 37.4 Å². The summed E-state index contributed by atoms with van der Waals surface area (Å²) < 4.78 is 16.7. The molecule has 0 fully saturated rings. The number of nitrogens with zero attached hydrogens (tertiary/aromatic N) is 2. The molecule has 1 N–H and O–H groups in total. The normalized spacial score (nSPS) is 15.4. The zero-order chi connectivity index (χ0) is 23.1. The number of hydrogen-bond donors (Lipinski definition) is 1. The van der Waals surface area contributed by atoms with Crippen molar-refractivity contribution >= 4 is 5.91 Å². The van der Waals surface area contributed by atoms with Gasteiger partial charge in [-0.25, -0.2) is 0 Å². The van der Waals surface area contributed by atoms with Crippen LogP contribution in [-0.2, 0) is 11.3 Å². The van der Waals surface area contributed by atoms with Gasteiger partial charge in [0.15, 0.2) is 11.5 Å². The highest BCUT2D eigenvalue weighted by molar-refractivity contribution is 5.94. The van der Waals surface area contributed by atoms with Gasteiger partial charge in [-0.3, -0.25) is 9.69 Å². The standard InChI is InChI=1S/C25H34N2O5/c1-18(13-27(19(2)16-28)25(29)21-8-6-5-7-9-21)24(30-4)15-26(3)14-20-10-11-22-23(12-20)32-17-31-22/h5-12,18-19,24,28H,13-17H2,1-4H3/t18-,19+,24-/m1/s1. The first kappa shape index (κ1) is 24.0. The summed E-state index contributed by atoms with van der Waals surface area (Å²) in [5.41, 5.74) is 1.75. The number of hydrogen-bond acceptors (Lipinski definition) is 6. The van der Waals surface area contributed by atoms with Crippen molar-refractivity contribution in [2.45, 2.75) is 32.5 Å². The van der Waals surface area contributed by atoms with Crippen molar-refractivity contribution in [3.05, 3.63) is 59.7 Å². The molecule has 174 valence electrons. The summed E-state index contributed by atoms with van der Waals surface area (Å²) in [4.78, 5) is 17.0. The molecule has 1 aliphatic heterocycles. The molecule has 0 bridgehead atoms. The molecular formula is C25H34N2O5. The van der Waals surface area contributed by atoms with E-state index in [0.29, 0.717) is 18.7 Å². The van der Waals surface area contributed by atoms with Crippen molar-refractivity contribution in [3.63, 3.8) is 0 Å². The Balaban J connectivity index is 1.62. The second-order valence-electron chi connectivity index (χ2n) is 8.49. The van der Waals surface area contributed by atoms with Crippen LogP contribution in [0.2, 0.25) is 0 Å². The Labute approximate surface area is 190 Å². The molecule has 0 aromatic heterocycles. The number of carbonyl (C=O) groups is 1. The number of rotatable bonds is 11. The van der Waals surface area contributed by atoms with Gasteiger partial charge in [0.25, 0.3) is 5.91 Å². The van der Waals surface area contributed by atoms with Crippen LogP contribution in [0.4, 0.5) is 0 Å². The van der Waals surface area contributed by atoms with Crippen molar-refractivity contribution in [3.8, 4) is 11.5 Å². The van der Waals surface area contributed by atoms with Crippen LogP contribution in [0.25, 0.3) is 0 Å². The third-order valence-electron chi connectivity index (χ3n) is 5.88. The Morgan fingerprint density at radius 3 is 2.50 bits per heavy atom. The van der Waals surface area contributed by atoms with E-state index < -0.39 is 0 Å². The molecule has 7 nitrogen and oxygen atoms in total. The molecule has 0 unspecified atom stereocenters. The summed E-state index contributed by atoms with van der Waals surface area (Å²) in [6.45, 7) is 6.05. The van der Waals surface area contributed by atoms with E-state index in [4.69, 9.17) is 14.2 Å². The number of benzene rings is 2. The van der Waals surface area contributed by atoms with Gasteiger partial charge in [-0.05, 0) is 43.8 Å². The summed E-state index contributed by atoms with van der Waals surface area (Å²) >= 11 is 0. The van der Waals surface area contributed by atoms with Gasteiger partial charge in [0, 0.05) is 38.2 Å². The molecule has 0 saturated heterocycles.